The number of allylic oxidation sites excluding steroid dienone is 9. The standard InChI is InChI=1S/C49H48N2/c1-30(33-21-15-24-42-43(33)37-19-9-11-22-40(37)47(42,2)3)45(51-46-44(50)38-20-10-12-23-41(38)48(46,4)5)36-26-25-31-28-32-16-13-14-27-49(32,6)29-39(31)35-18-8-7-17-34(35)36/h7-24,28-30,36H,25-27,50H2,1-6H3. The summed E-state index contributed by atoms with van der Waals surface area (Å²) < 4.78 is 0. The number of aliphatic imine (C=N–C) groups is 1. The Labute approximate surface area is 303 Å². The average Bonchev–Trinajstić information content (AvgIpc) is 3.40. The maximum Gasteiger partial charge on any atom is 0.0738 e. The van der Waals surface area contributed by atoms with Gasteiger partial charge in [0.2, 0.25) is 0 Å². The van der Waals surface area contributed by atoms with Crippen molar-refractivity contribution in [2.45, 2.75) is 83.5 Å². The highest BCUT2D eigenvalue weighted by molar-refractivity contribution is 6.02. The summed E-state index contributed by atoms with van der Waals surface area (Å²) in [5.74, 6) is 0.167. The first-order chi connectivity index (χ1) is 24.5. The summed E-state index contributed by atoms with van der Waals surface area (Å²) in [5.41, 5.74) is 26.0. The smallest absolute Gasteiger partial charge is 0.0738 e. The molecule has 51 heavy (non-hydrogen) atoms. The molecule has 0 spiro atoms. The van der Waals surface area contributed by atoms with Crippen LogP contribution in [-0.2, 0) is 10.8 Å². The second-order valence-electron chi connectivity index (χ2n) is 16.7. The Kier molecular flexibility index (Phi) is 7.07. The number of hydrogen-bond acceptors (Lipinski definition) is 2. The molecule has 0 amide bonds. The van der Waals surface area contributed by atoms with Gasteiger partial charge in [-0.05, 0) is 80.5 Å². The average molecular weight is 665 g/mol. The first-order valence-corrected chi connectivity index (χ1v) is 18.8. The van der Waals surface area contributed by atoms with E-state index in [-0.39, 0.29) is 28.1 Å². The fourth-order valence-electron chi connectivity index (χ4n) is 10.1. The van der Waals surface area contributed by atoms with Gasteiger partial charge in [0.1, 0.15) is 0 Å². The van der Waals surface area contributed by atoms with Gasteiger partial charge in [-0.15, -0.1) is 0 Å². The molecule has 0 bridgehead atoms. The largest absolute Gasteiger partial charge is 0.397 e. The lowest BCUT2D eigenvalue weighted by atomic mass is 9.69. The van der Waals surface area contributed by atoms with Gasteiger partial charge in [0, 0.05) is 39.4 Å². The van der Waals surface area contributed by atoms with Crippen LogP contribution in [0.25, 0.3) is 22.4 Å². The van der Waals surface area contributed by atoms with Gasteiger partial charge in [-0.3, -0.25) is 4.99 Å². The Morgan fingerprint density at radius 2 is 1.43 bits per heavy atom. The molecule has 9 rings (SSSR count). The minimum atomic E-state index is -0.314. The monoisotopic (exact) mass is 664 g/mol. The van der Waals surface area contributed by atoms with E-state index in [0.717, 1.165) is 36.2 Å². The van der Waals surface area contributed by atoms with E-state index < -0.39 is 0 Å². The van der Waals surface area contributed by atoms with Crippen LogP contribution >= 0.6 is 0 Å². The third kappa shape index (κ3) is 4.65. The summed E-state index contributed by atoms with van der Waals surface area (Å²) >= 11 is 0. The molecule has 0 fully saturated rings. The van der Waals surface area contributed by atoms with Gasteiger partial charge in [-0.25, -0.2) is 0 Å². The number of rotatable bonds is 4. The highest BCUT2D eigenvalue weighted by atomic mass is 14.9. The second kappa shape index (κ2) is 11.3. The van der Waals surface area contributed by atoms with Crippen molar-refractivity contribution in [1.82, 2.24) is 0 Å². The van der Waals surface area contributed by atoms with E-state index in [2.05, 4.69) is 163 Å². The van der Waals surface area contributed by atoms with Crippen LogP contribution in [0.5, 0.6) is 0 Å². The van der Waals surface area contributed by atoms with Crippen molar-refractivity contribution in [3.8, 4) is 11.1 Å². The minimum absolute atomic E-state index is 0.00837. The van der Waals surface area contributed by atoms with Crippen LogP contribution < -0.4 is 5.73 Å². The third-order valence-electron chi connectivity index (χ3n) is 13.0. The lowest BCUT2D eigenvalue weighted by Gasteiger charge is -2.34. The predicted molar refractivity (Wildman–Crippen MR) is 215 cm³/mol. The molecule has 3 atom stereocenters. The molecule has 0 saturated heterocycles. The molecule has 4 aromatic rings. The summed E-state index contributed by atoms with van der Waals surface area (Å²) in [7, 11) is 0. The van der Waals surface area contributed by atoms with Gasteiger partial charge in [0.15, 0.2) is 0 Å². The fraction of sp³-hybridized carbons (Fsp3) is 0.286. The topological polar surface area (TPSA) is 38.4 Å². The molecular formula is C49H48N2. The first-order valence-electron chi connectivity index (χ1n) is 18.8. The number of hydrogen-bond donors (Lipinski definition) is 1. The highest BCUT2D eigenvalue weighted by Crippen LogP contribution is 2.54. The van der Waals surface area contributed by atoms with Gasteiger partial charge in [-0.2, -0.15) is 0 Å². The lowest BCUT2D eigenvalue weighted by molar-refractivity contribution is 0.526. The zero-order valence-electron chi connectivity index (χ0n) is 30.8. The fourth-order valence-corrected chi connectivity index (χ4v) is 10.1. The second-order valence-corrected chi connectivity index (χ2v) is 16.7. The van der Waals surface area contributed by atoms with Crippen molar-refractivity contribution >= 4 is 17.0 Å². The van der Waals surface area contributed by atoms with E-state index in [9.17, 15) is 0 Å². The third-order valence-corrected chi connectivity index (χ3v) is 13.0. The molecule has 0 aromatic heterocycles. The van der Waals surface area contributed by atoms with Gasteiger partial charge < -0.3 is 5.73 Å². The Morgan fingerprint density at radius 1 is 0.765 bits per heavy atom. The number of fused-ring (bicyclic) bond motifs is 8. The van der Waals surface area contributed by atoms with Crippen LogP contribution in [-0.4, -0.2) is 5.71 Å². The molecule has 0 radical (unpaired) electrons. The normalized spacial score (nSPS) is 24.2. The Bertz CT molecular complexity index is 2330. The van der Waals surface area contributed by atoms with Crippen LogP contribution in [0.15, 0.2) is 143 Å². The zero-order valence-corrected chi connectivity index (χ0v) is 30.8. The molecule has 5 aliphatic carbocycles. The molecule has 5 aliphatic rings. The van der Waals surface area contributed by atoms with E-state index in [4.69, 9.17) is 10.7 Å². The van der Waals surface area contributed by atoms with Crippen LogP contribution in [0.4, 0.5) is 0 Å². The molecule has 2 heteroatoms. The summed E-state index contributed by atoms with van der Waals surface area (Å²) in [6, 6.07) is 33.8. The Morgan fingerprint density at radius 3 is 2.20 bits per heavy atom. The number of benzene rings is 4. The van der Waals surface area contributed by atoms with E-state index in [0.29, 0.717) is 0 Å². The van der Waals surface area contributed by atoms with E-state index >= 15 is 0 Å². The van der Waals surface area contributed by atoms with Crippen molar-refractivity contribution < 1.29 is 0 Å². The maximum absolute atomic E-state index is 7.12. The van der Waals surface area contributed by atoms with Crippen LogP contribution in [0.3, 0.4) is 0 Å². The summed E-state index contributed by atoms with van der Waals surface area (Å²) in [6.45, 7) is 14.1. The van der Waals surface area contributed by atoms with Crippen molar-refractivity contribution in [3.63, 3.8) is 0 Å². The summed E-state index contributed by atoms with van der Waals surface area (Å²) in [4.78, 5) is 5.90. The molecule has 254 valence electrons. The highest BCUT2D eigenvalue weighted by Gasteiger charge is 2.42. The summed E-state index contributed by atoms with van der Waals surface area (Å²) in [6.07, 6.45) is 14.9. The first kappa shape index (κ1) is 32.0. The van der Waals surface area contributed by atoms with Crippen LogP contribution in [0.2, 0.25) is 0 Å². The molecular weight excluding hydrogens is 617 g/mol. The predicted octanol–water partition coefficient (Wildman–Crippen LogP) is 11.9. The molecule has 0 saturated carbocycles. The number of nitrogens with zero attached hydrogens (tertiary/aromatic N) is 1. The molecule has 0 heterocycles. The molecule has 3 unspecified atom stereocenters. The van der Waals surface area contributed by atoms with Gasteiger partial charge >= 0.3 is 0 Å². The quantitative estimate of drug-likeness (QED) is 0.217. The Balaban J connectivity index is 1.27. The molecule has 2 nitrogen and oxygen atoms in total. The van der Waals surface area contributed by atoms with Gasteiger partial charge in [0.05, 0.1) is 11.4 Å². The van der Waals surface area contributed by atoms with Crippen LogP contribution in [0.1, 0.15) is 112 Å². The SMILES string of the molecule is CC(C(=NC1=C(N)c2ccccc2C1(C)C)C1CCC2=CC3=CC=CCC3(C)C=C2c2ccccc21)c1cccc2c1-c1ccccc1C2(C)C. The van der Waals surface area contributed by atoms with Crippen molar-refractivity contribution in [1.29, 1.82) is 0 Å². The van der Waals surface area contributed by atoms with Crippen molar-refractivity contribution in [2.24, 2.45) is 16.1 Å². The maximum atomic E-state index is 7.12. The van der Waals surface area contributed by atoms with Gasteiger partial charge in [-0.1, -0.05) is 163 Å². The van der Waals surface area contributed by atoms with E-state index in [1.807, 2.05) is 0 Å². The van der Waals surface area contributed by atoms with Crippen molar-refractivity contribution in [2.75, 3.05) is 0 Å². The molecule has 2 N–H and O–H groups in total. The number of nitrogens with two attached hydrogens (primary N) is 1. The van der Waals surface area contributed by atoms with E-state index in [1.54, 1.807) is 0 Å². The van der Waals surface area contributed by atoms with Gasteiger partial charge in [0.25, 0.3) is 0 Å². The van der Waals surface area contributed by atoms with Crippen LogP contribution in [0, 0.1) is 5.41 Å². The van der Waals surface area contributed by atoms with E-state index in [1.165, 1.54) is 66.9 Å². The molecule has 0 aliphatic heterocycles. The lowest BCUT2D eigenvalue weighted by Crippen LogP contribution is -2.24. The molecule has 4 aromatic carbocycles. The summed E-state index contributed by atoms with van der Waals surface area (Å²) in [5, 5.41) is 0. The minimum Gasteiger partial charge on any atom is -0.397 e. The zero-order chi connectivity index (χ0) is 35.3. The Hall–Kier alpha value is -4.95. The van der Waals surface area contributed by atoms with Crippen molar-refractivity contribution in [3.05, 3.63) is 177 Å².